The standard InChI is InChI=1S/C38H79N/c1-4-7-9-11-13-15-17-19-21-23-25-27-29-31-34-38(6-3,36-33-37-39)35-32-30-28-26-24-22-20-18-16-14-12-10-8-5-2/h4-37,39H2,1-3H3. The maximum atomic E-state index is 5.95. The molecule has 0 amide bonds. The van der Waals surface area contributed by atoms with Gasteiger partial charge in [-0.1, -0.05) is 207 Å². The van der Waals surface area contributed by atoms with Crippen LogP contribution in [-0.4, -0.2) is 6.54 Å². The third kappa shape index (κ3) is 27.9. The van der Waals surface area contributed by atoms with E-state index in [0.29, 0.717) is 5.41 Å². The Morgan fingerprint density at radius 1 is 0.308 bits per heavy atom. The molecule has 0 heterocycles. The number of hydrogen-bond donors (Lipinski definition) is 1. The van der Waals surface area contributed by atoms with Gasteiger partial charge in [0.25, 0.3) is 0 Å². The summed E-state index contributed by atoms with van der Waals surface area (Å²) in [5, 5.41) is 0. The molecule has 0 unspecified atom stereocenters. The highest BCUT2D eigenvalue weighted by molar-refractivity contribution is 4.78. The molecule has 0 atom stereocenters. The molecule has 236 valence electrons. The smallest absolute Gasteiger partial charge is 0.00771 e. The van der Waals surface area contributed by atoms with Crippen LogP contribution in [-0.2, 0) is 0 Å². The van der Waals surface area contributed by atoms with Crippen LogP contribution in [0.1, 0.15) is 233 Å². The van der Waals surface area contributed by atoms with Gasteiger partial charge in [-0.2, -0.15) is 0 Å². The van der Waals surface area contributed by atoms with Gasteiger partial charge in [0.2, 0.25) is 0 Å². The van der Waals surface area contributed by atoms with Gasteiger partial charge in [-0.3, -0.25) is 0 Å². The summed E-state index contributed by atoms with van der Waals surface area (Å²) >= 11 is 0. The van der Waals surface area contributed by atoms with E-state index in [1.165, 1.54) is 212 Å². The highest BCUT2D eigenvalue weighted by atomic mass is 14.5. The van der Waals surface area contributed by atoms with Crippen molar-refractivity contribution in [1.29, 1.82) is 0 Å². The predicted molar refractivity (Wildman–Crippen MR) is 181 cm³/mol. The molecule has 0 aromatic carbocycles. The first-order valence-corrected chi connectivity index (χ1v) is 18.9. The van der Waals surface area contributed by atoms with Crippen molar-refractivity contribution < 1.29 is 0 Å². The molecule has 0 rings (SSSR count). The normalized spacial score (nSPS) is 12.0. The third-order valence-electron chi connectivity index (χ3n) is 9.78. The summed E-state index contributed by atoms with van der Waals surface area (Å²) in [7, 11) is 0. The molecule has 0 saturated heterocycles. The van der Waals surface area contributed by atoms with Gasteiger partial charge in [-0.05, 0) is 37.6 Å². The topological polar surface area (TPSA) is 26.0 Å². The quantitative estimate of drug-likeness (QED) is 0.0793. The van der Waals surface area contributed by atoms with E-state index in [2.05, 4.69) is 20.8 Å². The Bertz CT molecular complexity index is 398. The Hall–Kier alpha value is -0.0400. The molecule has 0 aromatic heterocycles. The molecule has 1 heteroatoms. The number of hydrogen-bond acceptors (Lipinski definition) is 1. The van der Waals surface area contributed by atoms with Crippen molar-refractivity contribution in [2.45, 2.75) is 233 Å². The average Bonchev–Trinajstić information content (AvgIpc) is 2.95. The van der Waals surface area contributed by atoms with Crippen molar-refractivity contribution in [3.8, 4) is 0 Å². The van der Waals surface area contributed by atoms with Crippen molar-refractivity contribution in [3.63, 3.8) is 0 Å². The van der Waals surface area contributed by atoms with Gasteiger partial charge in [-0.15, -0.1) is 0 Å². The van der Waals surface area contributed by atoms with Gasteiger partial charge in [0.15, 0.2) is 0 Å². The van der Waals surface area contributed by atoms with Crippen molar-refractivity contribution in [2.24, 2.45) is 11.1 Å². The van der Waals surface area contributed by atoms with Gasteiger partial charge < -0.3 is 5.73 Å². The molecule has 39 heavy (non-hydrogen) atoms. The van der Waals surface area contributed by atoms with Gasteiger partial charge in [0, 0.05) is 0 Å². The second-order valence-electron chi connectivity index (χ2n) is 13.4. The van der Waals surface area contributed by atoms with Crippen LogP contribution in [0.3, 0.4) is 0 Å². The Morgan fingerprint density at radius 3 is 0.769 bits per heavy atom. The van der Waals surface area contributed by atoms with Gasteiger partial charge in [0.1, 0.15) is 0 Å². The van der Waals surface area contributed by atoms with Crippen LogP contribution in [0.5, 0.6) is 0 Å². The number of nitrogens with two attached hydrogens (primary N) is 1. The van der Waals surface area contributed by atoms with Gasteiger partial charge in [-0.25, -0.2) is 0 Å². The van der Waals surface area contributed by atoms with Crippen molar-refractivity contribution >= 4 is 0 Å². The molecule has 0 fully saturated rings. The summed E-state index contributed by atoms with van der Waals surface area (Å²) in [5.41, 5.74) is 6.54. The highest BCUT2D eigenvalue weighted by Crippen LogP contribution is 2.39. The van der Waals surface area contributed by atoms with Gasteiger partial charge >= 0.3 is 0 Å². The van der Waals surface area contributed by atoms with E-state index in [1.54, 1.807) is 0 Å². The van der Waals surface area contributed by atoms with Crippen molar-refractivity contribution in [3.05, 3.63) is 0 Å². The van der Waals surface area contributed by atoms with Crippen LogP contribution < -0.4 is 5.73 Å². The van der Waals surface area contributed by atoms with Crippen molar-refractivity contribution in [2.75, 3.05) is 6.54 Å². The van der Waals surface area contributed by atoms with E-state index in [-0.39, 0.29) is 0 Å². The van der Waals surface area contributed by atoms with E-state index < -0.39 is 0 Å². The predicted octanol–water partition coefficient (Wildman–Crippen LogP) is 13.9. The fourth-order valence-electron chi connectivity index (χ4n) is 6.77. The molecule has 0 aliphatic carbocycles. The monoisotopic (exact) mass is 550 g/mol. The maximum Gasteiger partial charge on any atom is -0.00771 e. The fraction of sp³-hybridized carbons (Fsp3) is 1.00. The zero-order valence-electron chi connectivity index (χ0n) is 28.1. The largest absolute Gasteiger partial charge is 0.330 e. The summed E-state index contributed by atoms with van der Waals surface area (Å²) in [6, 6.07) is 0. The fourth-order valence-corrected chi connectivity index (χ4v) is 6.77. The summed E-state index contributed by atoms with van der Waals surface area (Å²) < 4.78 is 0. The molecule has 0 saturated carbocycles. The first-order chi connectivity index (χ1) is 19.2. The minimum absolute atomic E-state index is 0.591. The van der Waals surface area contributed by atoms with Crippen LogP contribution in [0.2, 0.25) is 0 Å². The van der Waals surface area contributed by atoms with E-state index >= 15 is 0 Å². The molecular formula is C38H79N. The zero-order chi connectivity index (χ0) is 28.5. The maximum absolute atomic E-state index is 5.95. The van der Waals surface area contributed by atoms with Crippen LogP contribution in [0.4, 0.5) is 0 Å². The van der Waals surface area contributed by atoms with E-state index in [4.69, 9.17) is 5.73 Å². The van der Waals surface area contributed by atoms with Crippen molar-refractivity contribution in [1.82, 2.24) is 0 Å². The van der Waals surface area contributed by atoms with Crippen LogP contribution in [0.15, 0.2) is 0 Å². The SMILES string of the molecule is CCCCCCCCCCCCCCCCC(CC)(CCCN)CCCCCCCCCCCCCCCC. The summed E-state index contributed by atoms with van der Waals surface area (Å²) in [5.74, 6) is 0. The Morgan fingerprint density at radius 2 is 0.538 bits per heavy atom. The molecule has 0 aliphatic heterocycles. The average molecular weight is 550 g/mol. The van der Waals surface area contributed by atoms with Crippen LogP contribution in [0, 0.1) is 5.41 Å². The Labute approximate surface area is 250 Å². The Balaban J connectivity index is 3.76. The lowest BCUT2D eigenvalue weighted by atomic mass is 9.72. The first kappa shape index (κ1) is 39.0. The third-order valence-corrected chi connectivity index (χ3v) is 9.78. The molecule has 0 bridgehead atoms. The zero-order valence-corrected chi connectivity index (χ0v) is 28.1. The van der Waals surface area contributed by atoms with E-state index in [9.17, 15) is 0 Å². The molecular weight excluding hydrogens is 470 g/mol. The molecule has 0 aromatic rings. The summed E-state index contributed by atoms with van der Waals surface area (Å²) in [6.07, 6.45) is 47.8. The summed E-state index contributed by atoms with van der Waals surface area (Å²) in [4.78, 5) is 0. The number of rotatable bonds is 34. The lowest BCUT2D eigenvalue weighted by molar-refractivity contribution is 0.189. The van der Waals surface area contributed by atoms with Crippen LogP contribution >= 0.6 is 0 Å². The molecule has 0 radical (unpaired) electrons. The summed E-state index contributed by atoms with van der Waals surface area (Å²) in [6.45, 7) is 7.95. The van der Waals surface area contributed by atoms with Crippen LogP contribution in [0.25, 0.3) is 0 Å². The molecule has 0 aliphatic rings. The molecule has 1 nitrogen and oxygen atoms in total. The highest BCUT2D eigenvalue weighted by Gasteiger charge is 2.26. The second-order valence-corrected chi connectivity index (χ2v) is 13.4. The molecule has 2 N–H and O–H groups in total. The minimum atomic E-state index is 0.591. The minimum Gasteiger partial charge on any atom is -0.330 e. The van der Waals surface area contributed by atoms with Gasteiger partial charge in [0.05, 0.1) is 0 Å². The molecule has 0 spiro atoms. The van der Waals surface area contributed by atoms with E-state index in [0.717, 1.165) is 6.54 Å². The first-order valence-electron chi connectivity index (χ1n) is 18.9. The lowest BCUT2D eigenvalue weighted by Gasteiger charge is -2.33. The second kappa shape index (κ2) is 32.5. The van der Waals surface area contributed by atoms with E-state index in [1.807, 2.05) is 0 Å². The lowest BCUT2D eigenvalue weighted by Crippen LogP contribution is -2.21. The number of unbranched alkanes of at least 4 members (excludes halogenated alkanes) is 26. The Kier molecular flexibility index (Phi) is 32.4.